The second-order valence-corrected chi connectivity index (χ2v) is 5.51. The normalized spacial score (nSPS) is 10.2. The van der Waals surface area contributed by atoms with Gasteiger partial charge in [0.05, 0.1) is 6.20 Å². The van der Waals surface area contributed by atoms with Gasteiger partial charge in [-0.2, -0.15) is 0 Å². The van der Waals surface area contributed by atoms with E-state index in [9.17, 15) is 4.79 Å². The first kappa shape index (κ1) is 13.6. The van der Waals surface area contributed by atoms with Gasteiger partial charge in [0.25, 0.3) is 5.91 Å². The third-order valence-corrected chi connectivity index (χ3v) is 3.26. The largest absolute Gasteiger partial charge is 0.303 e. The lowest BCUT2D eigenvalue weighted by Crippen LogP contribution is -2.15. The molecule has 0 saturated carbocycles. The molecule has 0 atom stereocenters. The Labute approximate surface area is 128 Å². The zero-order valence-corrected chi connectivity index (χ0v) is 13.5. The lowest BCUT2D eigenvalue weighted by atomic mass is 10.3. The number of carbonyl (C=O) groups is 1. The predicted octanol–water partition coefficient (Wildman–Crippen LogP) is 3.41. The number of halogens is 3. The maximum Gasteiger partial charge on any atom is 0.275 e. The molecule has 18 heavy (non-hydrogen) atoms. The van der Waals surface area contributed by atoms with Crippen molar-refractivity contribution in [1.82, 2.24) is 15.0 Å². The van der Waals surface area contributed by atoms with Gasteiger partial charge in [0.2, 0.25) is 0 Å². The number of hydrogen-bond acceptors (Lipinski definition) is 4. The maximum atomic E-state index is 11.9. The molecule has 92 valence electrons. The zero-order chi connectivity index (χ0) is 13.1. The molecule has 2 heterocycles. The molecule has 0 aliphatic carbocycles. The molecule has 0 saturated heterocycles. The summed E-state index contributed by atoms with van der Waals surface area (Å²) in [5, 5.41) is 2.62. The summed E-state index contributed by atoms with van der Waals surface area (Å²) < 4.78 is 1.62. The number of nitrogens with zero attached hydrogens (tertiary/aromatic N) is 3. The molecule has 0 radical (unpaired) electrons. The maximum absolute atomic E-state index is 11.9. The molecule has 2 aromatic rings. The average Bonchev–Trinajstić information content (AvgIpc) is 2.32. The van der Waals surface area contributed by atoms with Crippen LogP contribution in [0.5, 0.6) is 0 Å². The van der Waals surface area contributed by atoms with Gasteiger partial charge in [0.15, 0.2) is 5.82 Å². The van der Waals surface area contributed by atoms with Crippen LogP contribution in [0.25, 0.3) is 0 Å². The van der Waals surface area contributed by atoms with Gasteiger partial charge in [-0.1, -0.05) is 6.07 Å². The third kappa shape index (κ3) is 3.33. The van der Waals surface area contributed by atoms with Crippen molar-refractivity contribution < 1.29 is 4.79 Å². The van der Waals surface area contributed by atoms with Crippen LogP contribution in [0.4, 0.5) is 5.82 Å². The van der Waals surface area contributed by atoms with Gasteiger partial charge in [-0.25, -0.2) is 15.0 Å². The highest BCUT2D eigenvalue weighted by atomic mass is 79.9. The van der Waals surface area contributed by atoms with E-state index < -0.39 is 0 Å². The highest BCUT2D eigenvalue weighted by molar-refractivity contribution is 9.11. The molecule has 8 heteroatoms. The molecule has 0 bridgehead atoms. The molecular formula is C10H5Br3N4O. The fourth-order valence-electron chi connectivity index (χ4n) is 1.14. The monoisotopic (exact) mass is 434 g/mol. The number of anilines is 1. The van der Waals surface area contributed by atoms with E-state index in [1.54, 1.807) is 18.2 Å². The molecule has 0 unspecified atom stereocenters. The number of hydrogen-bond donors (Lipinski definition) is 1. The topological polar surface area (TPSA) is 67.8 Å². The molecule has 0 aliphatic heterocycles. The average molecular weight is 437 g/mol. The van der Waals surface area contributed by atoms with Crippen molar-refractivity contribution in [1.29, 1.82) is 0 Å². The van der Waals surface area contributed by atoms with Crippen molar-refractivity contribution in [3.63, 3.8) is 0 Å². The first-order valence-electron chi connectivity index (χ1n) is 4.68. The van der Waals surface area contributed by atoms with Crippen LogP contribution in [-0.2, 0) is 0 Å². The molecular weight excluding hydrogens is 432 g/mol. The van der Waals surface area contributed by atoms with Gasteiger partial charge in [-0.3, -0.25) is 4.79 Å². The van der Waals surface area contributed by atoms with E-state index in [0.29, 0.717) is 25.3 Å². The van der Waals surface area contributed by atoms with Crippen LogP contribution < -0.4 is 5.32 Å². The Balaban J connectivity index is 2.21. The van der Waals surface area contributed by atoms with Crippen LogP contribution in [0, 0.1) is 0 Å². The lowest BCUT2D eigenvalue weighted by Gasteiger charge is -2.05. The Morgan fingerprint density at radius 3 is 2.56 bits per heavy atom. The summed E-state index contributed by atoms with van der Waals surface area (Å²) in [5.74, 6) is -0.0152. The van der Waals surface area contributed by atoms with Crippen molar-refractivity contribution in [3.05, 3.63) is 43.9 Å². The second-order valence-electron chi connectivity index (χ2n) is 3.13. The van der Waals surface area contributed by atoms with Gasteiger partial charge in [-0.05, 0) is 59.9 Å². The first-order chi connectivity index (χ1) is 8.56. The Bertz CT molecular complexity index is 605. The fraction of sp³-hybridized carbons (Fsp3) is 0. The van der Waals surface area contributed by atoms with Crippen LogP contribution in [-0.4, -0.2) is 20.9 Å². The van der Waals surface area contributed by atoms with E-state index in [1.807, 2.05) is 0 Å². The fourth-order valence-corrected chi connectivity index (χ4v) is 2.39. The van der Waals surface area contributed by atoms with E-state index in [0.717, 1.165) is 0 Å². The molecule has 0 aliphatic rings. The van der Waals surface area contributed by atoms with Crippen molar-refractivity contribution in [2.75, 3.05) is 5.32 Å². The summed E-state index contributed by atoms with van der Waals surface area (Å²) in [6, 6.07) is 5.08. The molecule has 2 rings (SSSR count). The van der Waals surface area contributed by atoms with E-state index in [-0.39, 0.29) is 5.91 Å². The minimum absolute atomic E-state index is 0.293. The molecule has 1 N–H and O–H groups in total. The summed E-state index contributed by atoms with van der Waals surface area (Å²) in [5.41, 5.74) is 0.293. The summed E-state index contributed by atoms with van der Waals surface area (Å²) in [6.45, 7) is 0. The van der Waals surface area contributed by atoms with Gasteiger partial charge in [0, 0.05) is 0 Å². The van der Waals surface area contributed by atoms with E-state index in [4.69, 9.17) is 0 Å². The van der Waals surface area contributed by atoms with Crippen LogP contribution in [0.1, 0.15) is 10.5 Å². The Morgan fingerprint density at radius 2 is 1.89 bits per heavy atom. The number of aromatic nitrogens is 3. The number of amides is 1. The Kier molecular flexibility index (Phi) is 4.41. The minimum Gasteiger partial charge on any atom is -0.303 e. The third-order valence-electron chi connectivity index (χ3n) is 1.88. The smallest absolute Gasteiger partial charge is 0.275 e. The SMILES string of the molecule is O=C(Nc1ncc(Br)nc1Br)c1cccc(Br)n1. The van der Waals surface area contributed by atoms with Gasteiger partial charge < -0.3 is 5.32 Å². The van der Waals surface area contributed by atoms with E-state index in [1.165, 1.54) is 6.20 Å². The zero-order valence-electron chi connectivity index (χ0n) is 8.69. The summed E-state index contributed by atoms with van der Waals surface area (Å²) in [4.78, 5) is 24.1. The highest BCUT2D eigenvalue weighted by Gasteiger charge is 2.11. The van der Waals surface area contributed by atoms with Gasteiger partial charge in [-0.15, -0.1) is 0 Å². The van der Waals surface area contributed by atoms with Gasteiger partial charge in [0.1, 0.15) is 19.5 Å². The molecule has 0 fully saturated rings. The Morgan fingerprint density at radius 1 is 1.11 bits per heavy atom. The van der Waals surface area contributed by atoms with E-state index in [2.05, 4.69) is 68.1 Å². The number of carbonyl (C=O) groups excluding carboxylic acids is 1. The molecule has 5 nitrogen and oxygen atoms in total. The molecule has 1 amide bonds. The molecule has 0 spiro atoms. The summed E-state index contributed by atoms with van der Waals surface area (Å²) in [6.07, 6.45) is 1.49. The van der Waals surface area contributed by atoms with Crippen molar-refractivity contribution in [2.45, 2.75) is 0 Å². The summed E-state index contributed by atoms with van der Waals surface area (Å²) >= 11 is 9.60. The Hall–Kier alpha value is -0.860. The summed E-state index contributed by atoms with van der Waals surface area (Å²) in [7, 11) is 0. The van der Waals surface area contributed by atoms with Crippen molar-refractivity contribution in [3.8, 4) is 0 Å². The highest BCUT2D eigenvalue weighted by Crippen LogP contribution is 2.20. The van der Waals surface area contributed by atoms with Crippen molar-refractivity contribution in [2.24, 2.45) is 0 Å². The number of rotatable bonds is 2. The number of pyridine rings is 1. The lowest BCUT2D eigenvalue weighted by molar-refractivity contribution is 0.102. The van der Waals surface area contributed by atoms with Crippen molar-refractivity contribution >= 4 is 59.5 Å². The van der Waals surface area contributed by atoms with Crippen LogP contribution in [0.2, 0.25) is 0 Å². The second kappa shape index (κ2) is 5.85. The van der Waals surface area contributed by atoms with E-state index >= 15 is 0 Å². The number of nitrogens with one attached hydrogen (secondary N) is 1. The minimum atomic E-state index is -0.353. The van der Waals surface area contributed by atoms with Crippen LogP contribution >= 0.6 is 47.8 Å². The van der Waals surface area contributed by atoms with Crippen LogP contribution in [0.15, 0.2) is 38.2 Å². The molecule has 2 aromatic heterocycles. The molecule has 0 aromatic carbocycles. The van der Waals surface area contributed by atoms with Crippen LogP contribution in [0.3, 0.4) is 0 Å². The van der Waals surface area contributed by atoms with Gasteiger partial charge >= 0.3 is 0 Å². The predicted molar refractivity (Wildman–Crippen MR) is 77.3 cm³/mol. The first-order valence-corrected chi connectivity index (χ1v) is 7.06. The standard InChI is InChI=1S/C10H5Br3N4O/c11-6-3-1-2-5(15-6)10(18)17-9-8(13)16-7(12)4-14-9/h1-4H,(H,14,17,18). The quantitative estimate of drug-likeness (QED) is 0.732.